The third-order valence-corrected chi connectivity index (χ3v) is 6.59. The van der Waals surface area contributed by atoms with Crippen molar-refractivity contribution in [3.63, 3.8) is 0 Å². The van der Waals surface area contributed by atoms with Gasteiger partial charge in [0.25, 0.3) is 0 Å². The first-order valence-electron chi connectivity index (χ1n) is 11.6. The summed E-state index contributed by atoms with van der Waals surface area (Å²) >= 11 is 0. The van der Waals surface area contributed by atoms with Gasteiger partial charge < -0.3 is 15.4 Å². The number of halogens is 1. The lowest BCUT2D eigenvalue weighted by Crippen LogP contribution is -2.30. The number of pyridine rings is 1. The van der Waals surface area contributed by atoms with E-state index in [4.69, 9.17) is 31.8 Å². The van der Waals surface area contributed by atoms with Gasteiger partial charge in [0.05, 0.1) is 35.4 Å². The Morgan fingerprint density at radius 1 is 1.24 bits per heavy atom. The van der Waals surface area contributed by atoms with E-state index in [1.54, 1.807) is 0 Å². The van der Waals surface area contributed by atoms with Crippen molar-refractivity contribution in [2.75, 3.05) is 36.9 Å². The highest BCUT2D eigenvalue weighted by Gasteiger charge is 2.26. The molecule has 34 heavy (non-hydrogen) atoms. The van der Waals surface area contributed by atoms with Gasteiger partial charge in [0.2, 0.25) is 0 Å². The van der Waals surface area contributed by atoms with E-state index in [2.05, 4.69) is 17.7 Å². The molecule has 2 aromatic heterocycles. The third kappa shape index (κ3) is 3.78. The van der Waals surface area contributed by atoms with Crippen LogP contribution in [-0.4, -0.2) is 41.3 Å². The maximum absolute atomic E-state index is 14.7. The van der Waals surface area contributed by atoms with Crippen molar-refractivity contribution in [3.8, 4) is 23.6 Å². The molecule has 0 radical (unpaired) electrons. The first kappa shape index (κ1) is 22.3. The van der Waals surface area contributed by atoms with Gasteiger partial charge in [-0.2, -0.15) is 0 Å². The number of nitrogen functional groups attached to an aromatic ring is 1. The Morgan fingerprint density at radius 3 is 2.85 bits per heavy atom. The second-order valence-electron chi connectivity index (χ2n) is 9.24. The molecule has 1 atom stereocenters. The summed E-state index contributed by atoms with van der Waals surface area (Å²) in [7, 11) is 0. The largest absolute Gasteiger partial charge is 0.399 e. The van der Waals surface area contributed by atoms with E-state index in [0.29, 0.717) is 41.7 Å². The number of hydrogen-bond donors (Lipinski definition) is 1. The van der Waals surface area contributed by atoms with Crippen LogP contribution in [0.3, 0.4) is 0 Å². The molecule has 7 heteroatoms. The van der Waals surface area contributed by atoms with Crippen LogP contribution in [0.1, 0.15) is 35.9 Å². The van der Waals surface area contributed by atoms with Crippen molar-refractivity contribution >= 4 is 28.0 Å². The lowest BCUT2D eigenvalue weighted by atomic mass is 9.84. The zero-order valence-corrected chi connectivity index (χ0v) is 19.8. The maximum atomic E-state index is 14.7. The summed E-state index contributed by atoms with van der Waals surface area (Å²) in [6.45, 7) is 9.07. The van der Waals surface area contributed by atoms with E-state index < -0.39 is 0 Å². The van der Waals surface area contributed by atoms with Gasteiger partial charge in [-0.25, -0.2) is 14.4 Å². The van der Waals surface area contributed by atoms with E-state index in [9.17, 15) is 4.39 Å². The lowest BCUT2D eigenvalue weighted by Gasteiger charge is -2.25. The number of aryl methyl sites for hydroxylation is 3. The number of fused-ring (bicyclic) bond motifs is 2. The molecule has 0 saturated carbocycles. The second-order valence-corrected chi connectivity index (χ2v) is 9.24. The molecule has 5 rings (SSSR count). The summed E-state index contributed by atoms with van der Waals surface area (Å²) in [4.78, 5) is 16.7. The topological polar surface area (TPSA) is 77.2 Å². The van der Waals surface area contributed by atoms with Gasteiger partial charge in [-0.1, -0.05) is 12.8 Å². The molecular weight excluding hydrogens is 429 g/mol. The standard InChI is InChI=1S/C27H28FN5O/c1-5-20-23(28)7-6-18-10-19(29)11-21(24(18)20)25-16(3)26-22(12-30-25)27(32-17(4)31-26)33-8-9-34-14-15(2)13-33/h1,10-12,15H,6-9,13-14,29H2,2-4H3. The predicted molar refractivity (Wildman–Crippen MR) is 134 cm³/mol. The van der Waals surface area contributed by atoms with Crippen LogP contribution in [0.2, 0.25) is 0 Å². The predicted octanol–water partition coefficient (Wildman–Crippen LogP) is 4.62. The molecule has 6 nitrogen and oxygen atoms in total. The van der Waals surface area contributed by atoms with Crippen molar-refractivity contribution in [1.82, 2.24) is 15.0 Å². The summed E-state index contributed by atoms with van der Waals surface area (Å²) in [5.74, 6) is 4.24. The second kappa shape index (κ2) is 8.69. The van der Waals surface area contributed by atoms with Gasteiger partial charge in [-0.05, 0) is 43.9 Å². The summed E-state index contributed by atoms with van der Waals surface area (Å²) in [6, 6.07) is 3.71. The first-order chi connectivity index (χ1) is 16.4. The fraction of sp³-hybridized carbons (Fsp3) is 0.370. The highest BCUT2D eigenvalue weighted by Crippen LogP contribution is 2.41. The minimum atomic E-state index is -0.266. The Hall–Kier alpha value is -3.50. The highest BCUT2D eigenvalue weighted by molar-refractivity contribution is 5.97. The van der Waals surface area contributed by atoms with E-state index >= 15 is 0 Å². The van der Waals surface area contributed by atoms with E-state index in [1.807, 2.05) is 32.2 Å². The molecule has 0 spiro atoms. The molecule has 1 fully saturated rings. The van der Waals surface area contributed by atoms with Crippen molar-refractivity contribution in [2.24, 2.45) is 5.92 Å². The van der Waals surface area contributed by atoms with Crippen molar-refractivity contribution < 1.29 is 9.13 Å². The van der Waals surface area contributed by atoms with Crippen molar-refractivity contribution in [3.05, 3.63) is 46.7 Å². The number of anilines is 2. The molecule has 3 aromatic rings. The van der Waals surface area contributed by atoms with Crippen LogP contribution < -0.4 is 10.6 Å². The molecule has 0 bridgehead atoms. The molecule has 1 aliphatic heterocycles. The number of hydrogen-bond acceptors (Lipinski definition) is 6. The summed E-state index contributed by atoms with van der Waals surface area (Å²) in [5.41, 5.74) is 11.9. The monoisotopic (exact) mass is 457 g/mol. The molecule has 3 heterocycles. The number of nitrogens with zero attached hydrogens (tertiary/aromatic N) is 4. The average Bonchev–Trinajstić information content (AvgIpc) is 3.03. The van der Waals surface area contributed by atoms with Crippen LogP contribution in [0.5, 0.6) is 0 Å². The Kier molecular flexibility index (Phi) is 5.70. The number of rotatable bonds is 2. The van der Waals surface area contributed by atoms with Crippen LogP contribution in [0.25, 0.3) is 27.7 Å². The van der Waals surface area contributed by atoms with Gasteiger partial charge >= 0.3 is 0 Å². The number of allylic oxidation sites excluding steroid dienone is 2. The first-order valence-corrected chi connectivity index (χ1v) is 11.6. The van der Waals surface area contributed by atoms with Crippen LogP contribution in [0.4, 0.5) is 15.9 Å². The Bertz CT molecular complexity index is 1370. The lowest BCUT2D eigenvalue weighted by molar-refractivity contribution is 0.129. The zero-order chi connectivity index (χ0) is 24.0. The number of nitrogens with two attached hydrogens (primary N) is 1. The molecule has 1 aliphatic carbocycles. The van der Waals surface area contributed by atoms with Crippen molar-refractivity contribution in [2.45, 2.75) is 33.6 Å². The minimum absolute atomic E-state index is 0.266. The van der Waals surface area contributed by atoms with Crippen LogP contribution in [0, 0.1) is 32.1 Å². The fourth-order valence-corrected chi connectivity index (χ4v) is 5.06. The Balaban J connectivity index is 1.72. The van der Waals surface area contributed by atoms with Crippen LogP contribution in [0.15, 0.2) is 24.2 Å². The third-order valence-electron chi connectivity index (χ3n) is 6.59. The van der Waals surface area contributed by atoms with Gasteiger partial charge in [0, 0.05) is 48.1 Å². The van der Waals surface area contributed by atoms with Gasteiger partial charge in [-0.15, -0.1) is 6.42 Å². The summed E-state index contributed by atoms with van der Waals surface area (Å²) < 4.78 is 20.4. The number of terminal acetylenes is 1. The quantitative estimate of drug-likeness (QED) is 0.447. The molecule has 174 valence electrons. The highest BCUT2D eigenvalue weighted by atomic mass is 19.1. The van der Waals surface area contributed by atoms with E-state index in [0.717, 1.165) is 53.1 Å². The molecule has 1 aromatic carbocycles. The SMILES string of the molecule is C#CC1=C(F)CCc2cc(N)cc(-c3ncc4c(N5CCOCC(C)C5)nc(C)nc4c3C)c21. The number of ether oxygens (including phenoxy) is 1. The van der Waals surface area contributed by atoms with Crippen LogP contribution in [-0.2, 0) is 11.2 Å². The molecule has 2 aliphatic rings. The molecule has 2 N–H and O–H groups in total. The molecule has 0 amide bonds. The van der Waals surface area contributed by atoms with Gasteiger partial charge in [0.15, 0.2) is 0 Å². The van der Waals surface area contributed by atoms with E-state index in [1.165, 1.54) is 0 Å². The summed E-state index contributed by atoms with van der Waals surface area (Å²) in [5, 5.41) is 0.887. The molecular formula is C27H28FN5O. The molecule has 1 unspecified atom stereocenters. The Labute approximate surface area is 199 Å². The fourth-order valence-electron chi connectivity index (χ4n) is 5.06. The minimum Gasteiger partial charge on any atom is -0.399 e. The van der Waals surface area contributed by atoms with Crippen LogP contribution >= 0.6 is 0 Å². The number of benzene rings is 1. The van der Waals surface area contributed by atoms with Gasteiger partial charge in [-0.3, -0.25) is 4.98 Å². The van der Waals surface area contributed by atoms with Gasteiger partial charge in [0.1, 0.15) is 17.5 Å². The summed E-state index contributed by atoms with van der Waals surface area (Å²) in [6.07, 6.45) is 8.39. The maximum Gasteiger partial charge on any atom is 0.141 e. The number of aromatic nitrogens is 3. The molecule has 1 saturated heterocycles. The smallest absolute Gasteiger partial charge is 0.141 e. The normalized spacial score (nSPS) is 18.6. The zero-order valence-electron chi connectivity index (χ0n) is 19.8. The van der Waals surface area contributed by atoms with Crippen molar-refractivity contribution in [1.29, 1.82) is 0 Å². The van der Waals surface area contributed by atoms with E-state index in [-0.39, 0.29) is 17.8 Å². The Morgan fingerprint density at radius 2 is 2.06 bits per heavy atom. The average molecular weight is 458 g/mol.